The molecule has 2 heterocycles. The average molecular weight is 256 g/mol. The first kappa shape index (κ1) is 11.2. The van der Waals surface area contributed by atoms with Crippen molar-refractivity contribution in [3.63, 3.8) is 0 Å². The minimum Gasteiger partial charge on any atom is -0.267 e. The van der Waals surface area contributed by atoms with Crippen molar-refractivity contribution in [2.45, 2.75) is 13.8 Å². The largest absolute Gasteiger partial charge is 0.275 e. The lowest BCUT2D eigenvalue weighted by Crippen LogP contribution is -2.36. The lowest BCUT2D eigenvalue weighted by molar-refractivity contribution is -0.118. The van der Waals surface area contributed by atoms with E-state index in [1.54, 1.807) is 4.90 Å². The summed E-state index contributed by atoms with van der Waals surface area (Å²) >= 11 is 0. The highest BCUT2D eigenvalue weighted by Crippen LogP contribution is 2.22. The second kappa shape index (κ2) is 4.07. The topological polar surface area (TPSA) is 32.7 Å². The summed E-state index contributed by atoms with van der Waals surface area (Å²) < 4.78 is 0. The normalized spacial score (nSPS) is 18.3. The summed E-state index contributed by atoms with van der Waals surface area (Å²) in [6, 6.07) is 9.73. The van der Waals surface area contributed by atoms with Gasteiger partial charge in [-0.2, -0.15) is 0 Å². The van der Waals surface area contributed by atoms with Gasteiger partial charge in [-0.3, -0.25) is 9.69 Å². The summed E-state index contributed by atoms with van der Waals surface area (Å²) in [7, 11) is 1.44. The quantitative estimate of drug-likeness (QED) is 0.709. The van der Waals surface area contributed by atoms with Crippen LogP contribution in [-0.2, 0) is 4.79 Å². The Balaban J connectivity index is 2.13. The van der Waals surface area contributed by atoms with E-state index >= 15 is 0 Å². The van der Waals surface area contributed by atoms with E-state index in [4.69, 9.17) is 0 Å². The van der Waals surface area contributed by atoms with Crippen molar-refractivity contribution in [1.82, 2.24) is 4.90 Å². The highest BCUT2D eigenvalue weighted by atomic mass is 32.1. The molecular formula is C14H12N2OS. The number of aliphatic imine (C=N–C) groups is 1. The molecule has 0 saturated carbocycles. The van der Waals surface area contributed by atoms with Gasteiger partial charge < -0.3 is 0 Å². The number of hydrogen-bond acceptors (Lipinski definition) is 2. The van der Waals surface area contributed by atoms with Gasteiger partial charge in [-0.1, -0.05) is 41.3 Å². The van der Waals surface area contributed by atoms with Gasteiger partial charge in [-0.15, -0.1) is 0 Å². The molecule has 18 heavy (non-hydrogen) atoms. The van der Waals surface area contributed by atoms with E-state index in [2.05, 4.69) is 4.99 Å². The summed E-state index contributed by atoms with van der Waals surface area (Å²) in [5.74, 6) is 0.0196. The third-order valence-electron chi connectivity index (χ3n) is 2.86. The molecule has 0 spiro atoms. The second-order valence-corrected chi connectivity index (χ2v) is 5.24. The minimum atomic E-state index is 0.0196. The lowest BCUT2D eigenvalue weighted by Gasteiger charge is -2.21. The molecule has 3 rings (SSSR count). The van der Waals surface area contributed by atoms with Gasteiger partial charge in [0.1, 0.15) is 4.86 Å². The van der Waals surface area contributed by atoms with Crippen LogP contribution in [0.15, 0.2) is 47.1 Å². The molecule has 2 aliphatic heterocycles. The first-order valence-electron chi connectivity index (χ1n) is 5.72. The number of benzene rings is 1. The van der Waals surface area contributed by atoms with Crippen LogP contribution >= 0.6 is 10.9 Å². The summed E-state index contributed by atoms with van der Waals surface area (Å²) in [5.41, 5.74) is 2.82. The Morgan fingerprint density at radius 2 is 1.89 bits per heavy atom. The molecule has 4 heteroatoms. The minimum absolute atomic E-state index is 0.0196. The summed E-state index contributed by atoms with van der Waals surface area (Å²) in [4.78, 5) is 19.2. The Bertz CT molecular complexity index is 664. The second-order valence-electron chi connectivity index (χ2n) is 4.26. The molecule has 0 atom stereocenters. The fraction of sp³-hybridized carbons (Fsp3) is 0.143. The van der Waals surface area contributed by atoms with Gasteiger partial charge in [0.05, 0.1) is 0 Å². The molecule has 3 nitrogen and oxygen atoms in total. The van der Waals surface area contributed by atoms with Crippen molar-refractivity contribution < 1.29 is 4.79 Å². The lowest BCUT2D eigenvalue weighted by atomic mass is 10.1. The van der Waals surface area contributed by atoms with Crippen molar-refractivity contribution in [1.29, 1.82) is 0 Å². The zero-order chi connectivity index (χ0) is 12.7. The van der Waals surface area contributed by atoms with Crippen LogP contribution in [0.25, 0.3) is 0 Å². The third kappa shape index (κ3) is 1.66. The Kier molecular flexibility index (Phi) is 2.52. The number of amides is 1. The maximum absolute atomic E-state index is 12.4. The molecule has 2 aliphatic rings. The Morgan fingerprint density at radius 1 is 1.17 bits per heavy atom. The van der Waals surface area contributed by atoms with E-state index in [0.717, 1.165) is 26.9 Å². The maximum atomic E-state index is 12.4. The van der Waals surface area contributed by atoms with Crippen LogP contribution in [0, 0.1) is 0 Å². The van der Waals surface area contributed by atoms with Crippen molar-refractivity contribution in [3.05, 3.63) is 47.7 Å². The van der Waals surface area contributed by atoms with Crippen LogP contribution in [0.1, 0.15) is 19.4 Å². The number of allylic oxidation sites excluding steroid dienone is 2. The zero-order valence-corrected chi connectivity index (χ0v) is 11.0. The molecular weight excluding hydrogens is 244 g/mol. The van der Waals surface area contributed by atoms with E-state index in [9.17, 15) is 4.79 Å². The summed E-state index contributed by atoms with van der Waals surface area (Å²) in [6.07, 6.45) is 1.93. The Morgan fingerprint density at radius 3 is 2.61 bits per heavy atom. The molecule has 0 unspecified atom stereocenters. The molecule has 0 aliphatic carbocycles. The van der Waals surface area contributed by atoms with Crippen LogP contribution in [0.5, 0.6) is 0 Å². The van der Waals surface area contributed by atoms with Crippen LogP contribution in [0.3, 0.4) is 0 Å². The fourth-order valence-electron chi connectivity index (χ4n) is 2.07. The van der Waals surface area contributed by atoms with Gasteiger partial charge in [-0.25, -0.2) is 4.99 Å². The third-order valence-corrected chi connectivity index (χ3v) is 3.93. The summed E-state index contributed by atoms with van der Waals surface area (Å²) in [6.45, 7) is 3.88. The van der Waals surface area contributed by atoms with Gasteiger partial charge in [0.15, 0.2) is 5.11 Å². The van der Waals surface area contributed by atoms with Gasteiger partial charge in [0, 0.05) is 11.4 Å². The number of hydrogen-bond donors (Lipinski definition) is 0. The predicted molar refractivity (Wildman–Crippen MR) is 76.9 cm³/mol. The molecule has 1 amide bonds. The van der Waals surface area contributed by atoms with Gasteiger partial charge >= 0.3 is 0 Å². The Labute approximate surface area is 109 Å². The van der Waals surface area contributed by atoms with E-state index in [0.29, 0.717) is 0 Å². The van der Waals surface area contributed by atoms with Crippen molar-refractivity contribution in [2.24, 2.45) is 4.99 Å². The fourth-order valence-corrected chi connectivity index (χ4v) is 3.20. The highest BCUT2D eigenvalue weighted by molar-refractivity contribution is 8.00. The number of nitrogens with zero attached hydrogens (tertiary/aromatic N) is 2. The molecule has 0 N–H and O–H groups in total. The number of carbonyl (C=O) groups is 1. The standard InChI is InChI=1S/C14H12N2OS/c1-9-8-10(2)16-13(17)12(18-14(16)15-9)11-6-4-3-5-7-11/h3-8H,1-2H3. The highest BCUT2D eigenvalue weighted by Gasteiger charge is 2.31. The maximum Gasteiger partial charge on any atom is 0.275 e. The molecule has 0 bridgehead atoms. The first-order valence-corrected chi connectivity index (χ1v) is 6.53. The van der Waals surface area contributed by atoms with Crippen LogP contribution in [0.2, 0.25) is 0 Å². The number of carbonyl (C=O) groups excluding carboxylic acids is 1. The van der Waals surface area contributed by atoms with Gasteiger partial charge in [0.25, 0.3) is 5.91 Å². The van der Waals surface area contributed by atoms with E-state index in [1.165, 1.54) is 10.9 Å². The Hall–Kier alpha value is -1.94. The molecule has 0 aromatic heterocycles. The molecule has 0 radical (unpaired) electrons. The number of fused-ring (bicyclic) bond motifs is 1. The van der Waals surface area contributed by atoms with E-state index in [1.807, 2.05) is 50.3 Å². The van der Waals surface area contributed by atoms with Crippen molar-refractivity contribution in [2.75, 3.05) is 0 Å². The SMILES string of the molecule is CC1=CC(C)=NC2=S=C(c3ccccc3)C(=O)N12. The molecule has 1 aromatic rings. The average Bonchev–Trinajstić information content (AvgIpc) is 2.67. The molecule has 0 saturated heterocycles. The summed E-state index contributed by atoms with van der Waals surface area (Å²) in [5, 5.41) is 0.761. The predicted octanol–water partition coefficient (Wildman–Crippen LogP) is 2.25. The molecule has 1 aromatic carbocycles. The van der Waals surface area contributed by atoms with Gasteiger partial charge in [-0.05, 0) is 25.5 Å². The molecule has 90 valence electrons. The van der Waals surface area contributed by atoms with Crippen molar-refractivity contribution >= 4 is 32.5 Å². The zero-order valence-electron chi connectivity index (χ0n) is 10.2. The number of rotatable bonds is 1. The van der Waals surface area contributed by atoms with Crippen LogP contribution in [0.4, 0.5) is 0 Å². The molecule has 0 fully saturated rings. The first-order chi connectivity index (χ1) is 8.66. The van der Waals surface area contributed by atoms with Gasteiger partial charge in [0.2, 0.25) is 0 Å². The van der Waals surface area contributed by atoms with Crippen LogP contribution < -0.4 is 0 Å². The van der Waals surface area contributed by atoms with E-state index < -0.39 is 0 Å². The van der Waals surface area contributed by atoms with Crippen molar-refractivity contribution in [3.8, 4) is 0 Å². The van der Waals surface area contributed by atoms with Crippen LogP contribution in [-0.4, -0.2) is 26.5 Å². The smallest absolute Gasteiger partial charge is 0.267 e. The monoisotopic (exact) mass is 256 g/mol. The van der Waals surface area contributed by atoms with E-state index in [-0.39, 0.29) is 5.91 Å².